The zero-order valence-corrected chi connectivity index (χ0v) is 20.3. The number of H-pyrrole nitrogens is 1. The van der Waals surface area contributed by atoms with Crippen LogP contribution < -0.4 is 10.2 Å². The van der Waals surface area contributed by atoms with Gasteiger partial charge < -0.3 is 14.3 Å². The van der Waals surface area contributed by atoms with E-state index >= 15 is 0 Å². The monoisotopic (exact) mass is 468 g/mol. The summed E-state index contributed by atoms with van der Waals surface area (Å²) in [5.41, 5.74) is 5.98. The van der Waals surface area contributed by atoms with Crippen LogP contribution in [0.15, 0.2) is 40.3 Å². The Hall–Kier alpha value is -2.77. The lowest BCUT2D eigenvalue weighted by Crippen LogP contribution is -2.07. The standard InChI is InChI=1S/C24H25ClN4O2S/c1-13-6-7-19-20(30)10-17(26-23(19)16(13)4)12-32-24-28-27-21(29(24)5)11-31-18-8-14(2)22(25)15(3)9-18/h6-10H,11-12H2,1-5H3,(H,26,30). The zero-order chi connectivity index (χ0) is 23.0. The van der Waals surface area contributed by atoms with Gasteiger partial charge in [-0.1, -0.05) is 29.4 Å². The molecule has 6 nitrogen and oxygen atoms in total. The maximum absolute atomic E-state index is 12.5. The Morgan fingerprint density at radius 3 is 2.50 bits per heavy atom. The van der Waals surface area contributed by atoms with E-state index in [0.717, 1.165) is 55.2 Å². The Morgan fingerprint density at radius 1 is 1.06 bits per heavy atom. The molecule has 4 aromatic rings. The van der Waals surface area contributed by atoms with E-state index in [-0.39, 0.29) is 5.43 Å². The summed E-state index contributed by atoms with van der Waals surface area (Å²) in [6.07, 6.45) is 0. The minimum Gasteiger partial charge on any atom is -0.486 e. The van der Waals surface area contributed by atoms with Crippen molar-refractivity contribution in [2.24, 2.45) is 7.05 Å². The van der Waals surface area contributed by atoms with Crippen LogP contribution in [-0.4, -0.2) is 19.7 Å². The SMILES string of the molecule is Cc1cc(OCc2nnc(SCc3cc(=O)c4ccc(C)c(C)c4[nH]3)n2C)cc(C)c1Cl. The summed E-state index contributed by atoms with van der Waals surface area (Å²) in [5.74, 6) is 2.05. The van der Waals surface area contributed by atoms with Crippen molar-refractivity contribution in [3.63, 3.8) is 0 Å². The molecule has 0 fully saturated rings. The highest BCUT2D eigenvalue weighted by molar-refractivity contribution is 7.98. The summed E-state index contributed by atoms with van der Waals surface area (Å²) < 4.78 is 7.83. The van der Waals surface area contributed by atoms with Gasteiger partial charge in [-0.25, -0.2) is 0 Å². The molecule has 0 amide bonds. The molecule has 2 heterocycles. The van der Waals surface area contributed by atoms with Gasteiger partial charge in [0.2, 0.25) is 0 Å². The largest absolute Gasteiger partial charge is 0.486 e. The van der Waals surface area contributed by atoms with E-state index in [2.05, 4.69) is 15.2 Å². The number of ether oxygens (including phenoxy) is 1. The fraction of sp³-hybridized carbons (Fsp3) is 0.292. The number of thioether (sulfide) groups is 1. The Kier molecular flexibility index (Phi) is 6.31. The van der Waals surface area contributed by atoms with Crippen LogP contribution in [0, 0.1) is 27.7 Å². The van der Waals surface area contributed by atoms with Crippen LogP contribution in [0.25, 0.3) is 10.9 Å². The van der Waals surface area contributed by atoms with Crippen LogP contribution in [0.3, 0.4) is 0 Å². The van der Waals surface area contributed by atoms with Crippen LogP contribution in [0.1, 0.15) is 33.8 Å². The van der Waals surface area contributed by atoms with E-state index < -0.39 is 0 Å². The molecule has 0 atom stereocenters. The van der Waals surface area contributed by atoms with Crippen LogP contribution >= 0.6 is 23.4 Å². The lowest BCUT2D eigenvalue weighted by Gasteiger charge is -2.10. The second kappa shape index (κ2) is 9.00. The molecule has 0 unspecified atom stereocenters. The number of pyridine rings is 1. The lowest BCUT2D eigenvalue weighted by molar-refractivity contribution is 0.290. The summed E-state index contributed by atoms with van der Waals surface area (Å²) >= 11 is 7.75. The minimum absolute atomic E-state index is 0.0260. The number of aromatic nitrogens is 4. The fourth-order valence-corrected chi connectivity index (χ4v) is 4.52. The summed E-state index contributed by atoms with van der Waals surface area (Å²) in [7, 11) is 1.91. The van der Waals surface area contributed by atoms with Crippen molar-refractivity contribution in [2.45, 2.75) is 45.2 Å². The highest BCUT2D eigenvalue weighted by Crippen LogP contribution is 2.27. The summed E-state index contributed by atoms with van der Waals surface area (Å²) in [6, 6.07) is 9.36. The van der Waals surface area contributed by atoms with Gasteiger partial charge in [0.05, 0.1) is 5.52 Å². The topological polar surface area (TPSA) is 72.8 Å². The van der Waals surface area contributed by atoms with Gasteiger partial charge in [0.15, 0.2) is 16.4 Å². The summed E-state index contributed by atoms with van der Waals surface area (Å²) in [6.45, 7) is 8.29. The number of nitrogens with one attached hydrogen (secondary N) is 1. The molecular weight excluding hydrogens is 444 g/mol. The van der Waals surface area contributed by atoms with Gasteiger partial charge in [0.25, 0.3) is 0 Å². The number of hydrogen-bond donors (Lipinski definition) is 1. The molecule has 0 aliphatic heterocycles. The Morgan fingerprint density at radius 2 is 1.78 bits per heavy atom. The lowest BCUT2D eigenvalue weighted by atomic mass is 10.0. The molecular formula is C24H25ClN4O2S. The summed E-state index contributed by atoms with van der Waals surface area (Å²) in [4.78, 5) is 16.0. The first kappa shape index (κ1) is 22.4. The number of aryl methyl sites for hydroxylation is 4. The van der Waals surface area contributed by atoms with Crippen LogP contribution in [0.4, 0.5) is 0 Å². The van der Waals surface area contributed by atoms with Gasteiger partial charge in [0.1, 0.15) is 12.4 Å². The first-order valence-electron chi connectivity index (χ1n) is 10.3. The van der Waals surface area contributed by atoms with Gasteiger partial charge in [-0.2, -0.15) is 0 Å². The predicted octanol–water partition coefficient (Wildman–Crippen LogP) is 5.41. The van der Waals surface area contributed by atoms with E-state index in [0.29, 0.717) is 17.7 Å². The van der Waals surface area contributed by atoms with Gasteiger partial charge in [0, 0.05) is 35.0 Å². The number of hydrogen-bond acceptors (Lipinski definition) is 5. The van der Waals surface area contributed by atoms with Gasteiger partial charge in [-0.05, 0) is 68.1 Å². The highest BCUT2D eigenvalue weighted by Gasteiger charge is 2.13. The molecule has 2 aromatic heterocycles. The van der Waals surface area contributed by atoms with Crippen LogP contribution in [0.5, 0.6) is 5.75 Å². The smallest absolute Gasteiger partial charge is 0.191 e. The average Bonchev–Trinajstić information content (AvgIpc) is 3.11. The maximum atomic E-state index is 12.5. The fourth-order valence-electron chi connectivity index (χ4n) is 3.57. The second-order valence-electron chi connectivity index (χ2n) is 8.00. The predicted molar refractivity (Wildman–Crippen MR) is 130 cm³/mol. The minimum atomic E-state index is 0.0260. The third-order valence-corrected chi connectivity index (χ3v) is 7.32. The third-order valence-electron chi connectivity index (χ3n) is 5.65. The maximum Gasteiger partial charge on any atom is 0.191 e. The molecule has 0 saturated carbocycles. The van der Waals surface area contributed by atoms with E-state index in [1.165, 1.54) is 11.8 Å². The van der Waals surface area contributed by atoms with E-state index in [4.69, 9.17) is 16.3 Å². The van der Waals surface area contributed by atoms with Crippen molar-refractivity contribution in [2.75, 3.05) is 0 Å². The molecule has 0 aliphatic carbocycles. The third kappa shape index (κ3) is 4.40. The van der Waals surface area contributed by atoms with Crippen molar-refractivity contribution in [3.8, 4) is 5.75 Å². The molecule has 0 bridgehead atoms. The molecule has 166 valence electrons. The van der Waals surface area contributed by atoms with Crippen molar-refractivity contribution in [1.29, 1.82) is 0 Å². The number of aromatic amines is 1. The molecule has 8 heteroatoms. The molecule has 32 heavy (non-hydrogen) atoms. The van der Waals surface area contributed by atoms with Crippen molar-refractivity contribution >= 4 is 34.3 Å². The number of rotatable bonds is 6. The number of nitrogens with zero attached hydrogens (tertiary/aromatic N) is 3. The van der Waals surface area contributed by atoms with E-state index in [9.17, 15) is 4.79 Å². The zero-order valence-electron chi connectivity index (χ0n) is 18.7. The number of halogens is 1. The highest BCUT2D eigenvalue weighted by atomic mass is 35.5. The number of fused-ring (bicyclic) bond motifs is 1. The van der Waals surface area contributed by atoms with Crippen LogP contribution in [0.2, 0.25) is 5.02 Å². The molecule has 0 saturated heterocycles. The number of benzene rings is 2. The molecule has 0 aliphatic rings. The van der Waals surface area contributed by atoms with Gasteiger partial charge >= 0.3 is 0 Å². The van der Waals surface area contributed by atoms with Crippen LogP contribution in [-0.2, 0) is 19.4 Å². The van der Waals surface area contributed by atoms with Gasteiger partial charge in [-0.3, -0.25) is 4.79 Å². The first-order chi connectivity index (χ1) is 15.2. The molecule has 4 rings (SSSR count). The Balaban J connectivity index is 1.48. The Bertz CT molecular complexity index is 1350. The van der Waals surface area contributed by atoms with Crippen molar-refractivity contribution in [1.82, 2.24) is 19.7 Å². The second-order valence-corrected chi connectivity index (χ2v) is 9.32. The van der Waals surface area contributed by atoms with Crippen molar-refractivity contribution in [3.05, 3.63) is 79.3 Å². The molecule has 0 radical (unpaired) electrons. The summed E-state index contributed by atoms with van der Waals surface area (Å²) in [5, 5.41) is 10.8. The molecule has 1 N–H and O–H groups in total. The average molecular weight is 469 g/mol. The van der Waals surface area contributed by atoms with E-state index in [1.807, 2.05) is 63.6 Å². The molecule has 2 aromatic carbocycles. The first-order valence-corrected chi connectivity index (χ1v) is 11.6. The Labute approximate surface area is 196 Å². The molecule has 0 spiro atoms. The van der Waals surface area contributed by atoms with E-state index in [1.54, 1.807) is 6.07 Å². The normalized spacial score (nSPS) is 11.3. The quantitative estimate of drug-likeness (QED) is 0.383. The van der Waals surface area contributed by atoms with Gasteiger partial charge in [-0.15, -0.1) is 10.2 Å². The van der Waals surface area contributed by atoms with Crippen molar-refractivity contribution < 1.29 is 4.74 Å².